The predicted molar refractivity (Wildman–Crippen MR) is 122 cm³/mol. The first-order valence-corrected chi connectivity index (χ1v) is 10.1. The SMILES string of the molecule is COc1ccc(CC(=O)Nc2cccc(-c3nnc(-c4ccccc4Cl)o3)c2)cc1OC. The van der Waals surface area contributed by atoms with E-state index in [1.807, 2.05) is 30.3 Å². The molecule has 0 aliphatic carbocycles. The molecule has 0 radical (unpaired) electrons. The van der Waals surface area contributed by atoms with Crippen LogP contribution in [0.15, 0.2) is 71.1 Å². The van der Waals surface area contributed by atoms with Crippen LogP contribution in [0, 0.1) is 0 Å². The normalized spacial score (nSPS) is 10.6. The van der Waals surface area contributed by atoms with Gasteiger partial charge >= 0.3 is 0 Å². The molecule has 0 saturated carbocycles. The minimum atomic E-state index is -0.170. The predicted octanol–water partition coefficient (Wildman–Crippen LogP) is 5.26. The molecule has 0 saturated heterocycles. The Kier molecular flexibility index (Phi) is 6.37. The molecule has 1 heterocycles. The summed E-state index contributed by atoms with van der Waals surface area (Å²) < 4.78 is 16.3. The first-order chi connectivity index (χ1) is 15.6. The monoisotopic (exact) mass is 449 g/mol. The number of aromatic nitrogens is 2. The first kappa shape index (κ1) is 21.4. The standard InChI is InChI=1S/C24H20ClN3O4/c1-30-20-11-10-15(12-21(20)31-2)13-22(29)26-17-7-5-6-16(14-17)23-27-28-24(32-23)18-8-3-4-9-19(18)25/h3-12,14H,13H2,1-2H3,(H,26,29). The molecule has 4 rings (SSSR count). The summed E-state index contributed by atoms with van der Waals surface area (Å²) in [6.07, 6.45) is 0.182. The van der Waals surface area contributed by atoms with Gasteiger partial charge in [-0.1, -0.05) is 35.9 Å². The zero-order valence-electron chi connectivity index (χ0n) is 17.5. The van der Waals surface area contributed by atoms with E-state index in [0.717, 1.165) is 5.56 Å². The van der Waals surface area contributed by atoms with Crippen molar-refractivity contribution in [2.24, 2.45) is 0 Å². The van der Waals surface area contributed by atoms with Crippen LogP contribution in [-0.2, 0) is 11.2 Å². The minimum Gasteiger partial charge on any atom is -0.493 e. The minimum absolute atomic E-state index is 0.170. The fraction of sp³-hybridized carbons (Fsp3) is 0.125. The van der Waals surface area contributed by atoms with E-state index in [9.17, 15) is 4.79 Å². The number of benzene rings is 3. The van der Waals surface area contributed by atoms with Gasteiger partial charge in [0.05, 0.1) is 31.2 Å². The van der Waals surface area contributed by atoms with Crippen molar-refractivity contribution in [3.8, 4) is 34.4 Å². The second-order valence-corrected chi connectivity index (χ2v) is 7.29. The Morgan fingerprint density at radius 1 is 0.938 bits per heavy atom. The van der Waals surface area contributed by atoms with Gasteiger partial charge in [-0.05, 0) is 48.0 Å². The second-order valence-electron chi connectivity index (χ2n) is 6.89. The van der Waals surface area contributed by atoms with Crippen LogP contribution in [0.25, 0.3) is 22.9 Å². The molecule has 0 bridgehead atoms. The average molecular weight is 450 g/mol. The largest absolute Gasteiger partial charge is 0.493 e. The van der Waals surface area contributed by atoms with Gasteiger partial charge in [0.25, 0.3) is 0 Å². The Morgan fingerprint density at radius 2 is 1.72 bits per heavy atom. The molecule has 7 nitrogen and oxygen atoms in total. The molecule has 0 unspecified atom stereocenters. The lowest BCUT2D eigenvalue weighted by molar-refractivity contribution is -0.115. The van der Waals surface area contributed by atoms with Crippen molar-refractivity contribution in [2.45, 2.75) is 6.42 Å². The van der Waals surface area contributed by atoms with Crippen LogP contribution in [0.2, 0.25) is 5.02 Å². The molecule has 162 valence electrons. The molecule has 8 heteroatoms. The smallest absolute Gasteiger partial charge is 0.249 e. The van der Waals surface area contributed by atoms with Gasteiger partial charge in [-0.3, -0.25) is 4.79 Å². The van der Waals surface area contributed by atoms with E-state index in [1.165, 1.54) is 0 Å². The fourth-order valence-corrected chi connectivity index (χ4v) is 3.41. The number of anilines is 1. The van der Waals surface area contributed by atoms with Crippen molar-refractivity contribution < 1.29 is 18.7 Å². The van der Waals surface area contributed by atoms with E-state index in [4.69, 9.17) is 25.5 Å². The average Bonchev–Trinajstić information content (AvgIpc) is 3.29. The third-order valence-electron chi connectivity index (χ3n) is 4.74. The van der Waals surface area contributed by atoms with Gasteiger partial charge in [-0.15, -0.1) is 10.2 Å². The Balaban J connectivity index is 1.48. The van der Waals surface area contributed by atoms with Crippen LogP contribution in [0.1, 0.15) is 5.56 Å². The van der Waals surface area contributed by atoms with Crippen molar-refractivity contribution in [1.82, 2.24) is 10.2 Å². The maximum atomic E-state index is 12.6. The van der Waals surface area contributed by atoms with Gasteiger partial charge in [0, 0.05) is 11.3 Å². The number of nitrogens with one attached hydrogen (secondary N) is 1. The van der Waals surface area contributed by atoms with E-state index in [1.54, 1.807) is 50.6 Å². The number of hydrogen-bond donors (Lipinski definition) is 1. The third kappa shape index (κ3) is 4.73. The van der Waals surface area contributed by atoms with Crippen LogP contribution in [0.5, 0.6) is 11.5 Å². The highest BCUT2D eigenvalue weighted by molar-refractivity contribution is 6.33. The molecule has 0 spiro atoms. The first-order valence-electron chi connectivity index (χ1n) is 9.77. The van der Waals surface area contributed by atoms with Gasteiger partial charge in [0.1, 0.15) is 0 Å². The topological polar surface area (TPSA) is 86.5 Å². The third-order valence-corrected chi connectivity index (χ3v) is 5.06. The van der Waals surface area contributed by atoms with E-state index in [2.05, 4.69) is 15.5 Å². The molecule has 0 atom stereocenters. The highest BCUT2D eigenvalue weighted by atomic mass is 35.5. The van der Waals surface area contributed by atoms with E-state index >= 15 is 0 Å². The Morgan fingerprint density at radius 3 is 2.50 bits per heavy atom. The van der Waals surface area contributed by atoms with Gasteiger partial charge < -0.3 is 19.2 Å². The Labute approximate surface area is 190 Å². The number of nitrogens with zero attached hydrogens (tertiary/aromatic N) is 2. The number of amides is 1. The van der Waals surface area contributed by atoms with E-state index < -0.39 is 0 Å². The number of carbonyl (C=O) groups excluding carboxylic acids is 1. The summed E-state index contributed by atoms with van der Waals surface area (Å²) in [5.41, 5.74) is 2.76. The molecule has 1 amide bonds. The molecule has 0 fully saturated rings. The molecular formula is C24H20ClN3O4. The summed E-state index contributed by atoms with van der Waals surface area (Å²) in [4.78, 5) is 12.6. The molecule has 1 N–H and O–H groups in total. The zero-order chi connectivity index (χ0) is 22.5. The van der Waals surface area contributed by atoms with Crippen molar-refractivity contribution in [1.29, 1.82) is 0 Å². The summed E-state index contributed by atoms with van der Waals surface area (Å²) in [6.45, 7) is 0. The summed E-state index contributed by atoms with van der Waals surface area (Å²) in [7, 11) is 3.12. The molecule has 1 aromatic heterocycles. The number of halogens is 1. The van der Waals surface area contributed by atoms with Gasteiger partial charge in [-0.2, -0.15) is 0 Å². The highest BCUT2D eigenvalue weighted by Gasteiger charge is 2.14. The van der Waals surface area contributed by atoms with Crippen molar-refractivity contribution in [2.75, 3.05) is 19.5 Å². The number of methoxy groups -OCH3 is 2. The highest BCUT2D eigenvalue weighted by Crippen LogP contribution is 2.30. The van der Waals surface area contributed by atoms with Crippen molar-refractivity contribution in [3.63, 3.8) is 0 Å². The molecule has 4 aromatic rings. The number of hydrogen-bond acceptors (Lipinski definition) is 6. The van der Waals surface area contributed by atoms with Crippen LogP contribution in [0.4, 0.5) is 5.69 Å². The Bertz CT molecular complexity index is 1260. The quantitative estimate of drug-likeness (QED) is 0.414. The van der Waals surface area contributed by atoms with Gasteiger partial charge in [-0.25, -0.2) is 0 Å². The molecule has 0 aliphatic rings. The molecular weight excluding hydrogens is 430 g/mol. The summed E-state index contributed by atoms with van der Waals surface area (Å²) in [5.74, 6) is 1.67. The zero-order valence-corrected chi connectivity index (χ0v) is 18.2. The lowest BCUT2D eigenvalue weighted by Crippen LogP contribution is -2.14. The lowest BCUT2D eigenvalue weighted by Gasteiger charge is -2.10. The van der Waals surface area contributed by atoms with Gasteiger partial charge in [0.15, 0.2) is 11.5 Å². The molecule has 32 heavy (non-hydrogen) atoms. The number of carbonyl (C=O) groups is 1. The maximum absolute atomic E-state index is 12.6. The second kappa shape index (κ2) is 9.53. The number of rotatable bonds is 7. The fourth-order valence-electron chi connectivity index (χ4n) is 3.19. The summed E-state index contributed by atoms with van der Waals surface area (Å²) in [6, 6.07) is 19.8. The van der Waals surface area contributed by atoms with Crippen LogP contribution in [0.3, 0.4) is 0 Å². The molecule has 0 aliphatic heterocycles. The Hall–Kier alpha value is -3.84. The van der Waals surface area contributed by atoms with Crippen LogP contribution < -0.4 is 14.8 Å². The van der Waals surface area contributed by atoms with E-state index in [0.29, 0.717) is 45.1 Å². The number of ether oxygens (including phenoxy) is 2. The molecule has 3 aromatic carbocycles. The summed E-state index contributed by atoms with van der Waals surface area (Å²) >= 11 is 6.21. The van der Waals surface area contributed by atoms with Gasteiger partial charge in [0.2, 0.25) is 17.7 Å². The lowest BCUT2D eigenvalue weighted by atomic mass is 10.1. The van der Waals surface area contributed by atoms with Crippen LogP contribution in [-0.4, -0.2) is 30.3 Å². The van der Waals surface area contributed by atoms with Crippen molar-refractivity contribution in [3.05, 3.63) is 77.3 Å². The van der Waals surface area contributed by atoms with Crippen molar-refractivity contribution >= 4 is 23.2 Å². The van der Waals surface area contributed by atoms with E-state index in [-0.39, 0.29) is 12.3 Å². The van der Waals surface area contributed by atoms with Crippen LogP contribution >= 0.6 is 11.6 Å². The summed E-state index contributed by atoms with van der Waals surface area (Å²) in [5, 5.41) is 11.6. The maximum Gasteiger partial charge on any atom is 0.249 e.